The first-order valence-corrected chi connectivity index (χ1v) is 8.16. The van der Waals surface area contributed by atoms with Crippen molar-refractivity contribution in [1.29, 1.82) is 0 Å². The van der Waals surface area contributed by atoms with Crippen molar-refractivity contribution in [3.8, 4) is 0 Å². The highest BCUT2D eigenvalue weighted by Crippen LogP contribution is 2.24. The van der Waals surface area contributed by atoms with Crippen LogP contribution < -0.4 is 10.7 Å². The van der Waals surface area contributed by atoms with Crippen molar-refractivity contribution in [2.24, 2.45) is 5.10 Å². The Morgan fingerprint density at radius 2 is 1.81 bits per heavy atom. The van der Waals surface area contributed by atoms with Crippen LogP contribution in [0.2, 0.25) is 0 Å². The second-order valence-electron chi connectivity index (χ2n) is 5.95. The molecule has 2 N–H and O–H groups in total. The van der Waals surface area contributed by atoms with E-state index >= 15 is 0 Å². The molecule has 1 heterocycles. The van der Waals surface area contributed by atoms with Crippen molar-refractivity contribution in [2.45, 2.75) is 20.8 Å². The first-order chi connectivity index (χ1) is 12.5. The van der Waals surface area contributed by atoms with Crippen LogP contribution in [0.1, 0.15) is 35.5 Å². The molecule has 3 rings (SSSR count). The number of rotatable bonds is 4. The van der Waals surface area contributed by atoms with Gasteiger partial charge in [0.1, 0.15) is 5.58 Å². The molecule has 0 fully saturated rings. The van der Waals surface area contributed by atoms with Crippen molar-refractivity contribution < 1.29 is 14.0 Å². The van der Waals surface area contributed by atoms with E-state index in [1.807, 2.05) is 43.3 Å². The fourth-order valence-electron chi connectivity index (χ4n) is 2.67. The Balaban J connectivity index is 1.79. The molecule has 3 aromatic rings. The molecule has 0 unspecified atom stereocenters. The number of amides is 2. The predicted molar refractivity (Wildman–Crippen MR) is 101 cm³/mol. The van der Waals surface area contributed by atoms with Gasteiger partial charge in [0.05, 0.1) is 5.71 Å². The molecule has 6 nitrogen and oxygen atoms in total. The molecule has 132 valence electrons. The van der Waals surface area contributed by atoms with Crippen LogP contribution in [0.5, 0.6) is 0 Å². The third-order valence-electron chi connectivity index (χ3n) is 3.98. The Morgan fingerprint density at radius 1 is 1.04 bits per heavy atom. The molecule has 0 atom stereocenters. The van der Waals surface area contributed by atoms with Gasteiger partial charge in [-0.15, -0.1) is 0 Å². The van der Waals surface area contributed by atoms with E-state index in [-0.39, 0.29) is 11.7 Å². The average Bonchev–Trinajstić information content (AvgIpc) is 2.96. The number of hydrogen-bond donors (Lipinski definition) is 2. The molecule has 2 aromatic carbocycles. The smallest absolute Gasteiger partial charge is 0.307 e. The van der Waals surface area contributed by atoms with Gasteiger partial charge < -0.3 is 9.73 Å². The second kappa shape index (κ2) is 7.23. The number of anilines is 1. The van der Waals surface area contributed by atoms with Gasteiger partial charge in [-0.25, -0.2) is 5.43 Å². The molecule has 0 bridgehead atoms. The van der Waals surface area contributed by atoms with Crippen LogP contribution in [-0.4, -0.2) is 17.5 Å². The standard InChI is InChI=1S/C20H19N3O3/c1-12-17-9-4-5-10-18(17)26-19(12)20(25)23-22-13(2)15-7-6-8-16(11-15)21-14(3)24/h4-11H,1-3H3,(H,21,24)(H,23,25)/b22-13-. The van der Waals surface area contributed by atoms with Crippen LogP contribution in [-0.2, 0) is 4.79 Å². The number of benzene rings is 2. The van der Waals surface area contributed by atoms with Crippen LogP contribution in [0.15, 0.2) is 58.0 Å². The Hall–Kier alpha value is -3.41. The van der Waals surface area contributed by atoms with Crippen molar-refractivity contribution >= 4 is 34.2 Å². The fourth-order valence-corrected chi connectivity index (χ4v) is 2.67. The van der Waals surface area contributed by atoms with Gasteiger partial charge in [-0.05, 0) is 37.6 Å². The van der Waals surface area contributed by atoms with E-state index in [0.29, 0.717) is 17.0 Å². The Kier molecular flexibility index (Phi) is 4.84. The molecule has 0 aliphatic carbocycles. The molecular formula is C20H19N3O3. The van der Waals surface area contributed by atoms with Crippen LogP contribution >= 0.6 is 0 Å². The van der Waals surface area contributed by atoms with Crippen LogP contribution in [0.3, 0.4) is 0 Å². The maximum Gasteiger partial charge on any atom is 0.307 e. The zero-order chi connectivity index (χ0) is 18.7. The highest BCUT2D eigenvalue weighted by Gasteiger charge is 2.17. The van der Waals surface area contributed by atoms with Crippen molar-refractivity contribution in [3.63, 3.8) is 0 Å². The molecule has 26 heavy (non-hydrogen) atoms. The minimum absolute atomic E-state index is 0.148. The minimum atomic E-state index is -0.406. The summed E-state index contributed by atoms with van der Waals surface area (Å²) >= 11 is 0. The summed E-state index contributed by atoms with van der Waals surface area (Å²) in [5, 5.41) is 7.77. The summed E-state index contributed by atoms with van der Waals surface area (Å²) in [6, 6.07) is 14.7. The van der Waals surface area contributed by atoms with Gasteiger partial charge in [0, 0.05) is 23.6 Å². The lowest BCUT2D eigenvalue weighted by Crippen LogP contribution is -2.19. The first-order valence-electron chi connectivity index (χ1n) is 8.16. The molecule has 0 saturated heterocycles. The van der Waals surface area contributed by atoms with Gasteiger partial charge in [0.15, 0.2) is 5.76 Å². The quantitative estimate of drug-likeness (QED) is 0.554. The highest BCUT2D eigenvalue weighted by atomic mass is 16.3. The zero-order valence-electron chi connectivity index (χ0n) is 14.8. The molecule has 0 radical (unpaired) electrons. The second-order valence-corrected chi connectivity index (χ2v) is 5.95. The van der Waals surface area contributed by atoms with E-state index in [1.54, 1.807) is 19.1 Å². The Labute approximate surface area is 150 Å². The van der Waals surface area contributed by atoms with E-state index in [4.69, 9.17) is 4.42 Å². The minimum Gasteiger partial charge on any atom is -0.451 e. The van der Waals surface area contributed by atoms with E-state index < -0.39 is 5.91 Å². The van der Waals surface area contributed by atoms with Crippen molar-refractivity contribution in [3.05, 3.63) is 65.4 Å². The number of aryl methyl sites for hydroxylation is 1. The van der Waals surface area contributed by atoms with Gasteiger partial charge in [0.25, 0.3) is 0 Å². The monoisotopic (exact) mass is 349 g/mol. The molecule has 6 heteroatoms. The van der Waals surface area contributed by atoms with Gasteiger partial charge in [-0.1, -0.05) is 30.3 Å². The number of furan rings is 1. The maximum atomic E-state index is 12.4. The summed E-state index contributed by atoms with van der Waals surface area (Å²) in [5.41, 5.74) is 6.04. The molecule has 1 aromatic heterocycles. The van der Waals surface area contributed by atoms with E-state index in [0.717, 1.165) is 16.5 Å². The van der Waals surface area contributed by atoms with Crippen LogP contribution in [0.4, 0.5) is 5.69 Å². The van der Waals surface area contributed by atoms with Crippen LogP contribution in [0.25, 0.3) is 11.0 Å². The van der Waals surface area contributed by atoms with E-state index in [9.17, 15) is 9.59 Å². The molecular weight excluding hydrogens is 330 g/mol. The number of carbonyl (C=O) groups excluding carboxylic acids is 2. The largest absolute Gasteiger partial charge is 0.451 e. The Bertz CT molecular complexity index is 1020. The van der Waals surface area contributed by atoms with Crippen LogP contribution in [0, 0.1) is 6.92 Å². The average molecular weight is 349 g/mol. The summed E-state index contributed by atoms with van der Waals surface area (Å²) in [7, 11) is 0. The summed E-state index contributed by atoms with van der Waals surface area (Å²) in [6.07, 6.45) is 0. The lowest BCUT2D eigenvalue weighted by molar-refractivity contribution is -0.114. The lowest BCUT2D eigenvalue weighted by Gasteiger charge is -2.06. The number of para-hydroxylation sites is 1. The predicted octanol–water partition coefficient (Wildman–Crippen LogP) is 3.85. The van der Waals surface area contributed by atoms with Gasteiger partial charge >= 0.3 is 5.91 Å². The maximum absolute atomic E-state index is 12.4. The molecule has 0 saturated carbocycles. The summed E-state index contributed by atoms with van der Waals surface area (Å²) in [6.45, 7) is 5.07. The summed E-state index contributed by atoms with van der Waals surface area (Å²) < 4.78 is 5.63. The summed E-state index contributed by atoms with van der Waals surface area (Å²) in [5.74, 6) is -0.309. The highest BCUT2D eigenvalue weighted by molar-refractivity contribution is 6.03. The molecule has 2 amide bonds. The Morgan fingerprint density at radius 3 is 2.54 bits per heavy atom. The van der Waals surface area contributed by atoms with Gasteiger partial charge in [-0.3, -0.25) is 9.59 Å². The summed E-state index contributed by atoms with van der Waals surface area (Å²) in [4.78, 5) is 23.6. The lowest BCUT2D eigenvalue weighted by atomic mass is 10.1. The number of hydrogen-bond acceptors (Lipinski definition) is 4. The number of hydrazone groups is 1. The van der Waals surface area contributed by atoms with Gasteiger partial charge in [-0.2, -0.15) is 5.10 Å². The number of nitrogens with one attached hydrogen (secondary N) is 2. The third kappa shape index (κ3) is 3.64. The van der Waals surface area contributed by atoms with E-state index in [2.05, 4.69) is 15.8 Å². The zero-order valence-corrected chi connectivity index (χ0v) is 14.8. The SMILES string of the molecule is CC(=O)Nc1cccc(/C(C)=N\NC(=O)c2oc3ccccc3c2C)c1. The normalized spacial score (nSPS) is 11.4. The molecule has 0 aliphatic heterocycles. The number of nitrogens with zero attached hydrogens (tertiary/aromatic N) is 1. The van der Waals surface area contributed by atoms with Crippen molar-refractivity contribution in [1.82, 2.24) is 5.43 Å². The topological polar surface area (TPSA) is 83.7 Å². The third-order valence-corrected chi connectivity index (χ3v) is 3.98. The molecule has 0 spiro atoms. The fraction of sp³-hybridized carbons (Fsp3) is 0.150. The number of fused-ring (bicyclic) bond motifs is 1. The molecule has 0 aliphatic rings. The number of carbonyl (C=O) groups is 2. The van der Waals surface area contributed by atoms with Gasteiger partial charge in [0.2, 0.25) is 5.91 Å². The van der Waals surface area contributed by atoms with Crippen molar-refractivity contribution in [2.75, 3.05) is 5.32 Å². The van der Waals surface area contributed by atoms with E-state index in [1.165, 1.54) is 6.92 Å². The first kappa shape index (κ1) is 17.4.